The van der Waals surface area contributed by atoms with Crippen molar-refractivity contribution in [3.8, 4) is 5.75 Å². The van der Waals surface area contributed by atoms with E-state index in [1.165, 1.54) is 0 Å². The Morgan fingerprint density at radius 1 is 1.31 bits per heavy atom. The molecular formula is C20H22N4O2. The third kappa shape index (κ3) is 3.03. The first-order valence-electron chi connectivity index (χ1n) is 8.92. The summed E-state index contributed by atoms with van der Waals surface area (Å²) in [6.45, 7) is 2.92. The van der Waals surface area contributed by atoms with Crippen LogP contribution in [0.3, 0.4) is 0 Å². The van der Waals surface area contributed by atoms with E-state index in [2.05, 4.69) is 15.3 Å². The molecule has 0 saturated carbocycles. The zero-order valence-corrected chi connectivity index (χ0v) is 15.0. The fourth-order valence-electron chi connectivity index (χ4n) is 3.63. The quantitative estimate of drug-likeness (QED) is 0.922. The second-order valence-corrected chi connectivity index (χ2v) is 6.63. The number of hydrogen-bond acceptors (Lipinski definition) is 5. The van der Waals surface area contributed by atoms with Crippen LogP contribution in [0.15, 0.2) is 35.9 Å². The zero-order chi connectivity index (χ0) is 18.1. The first-order valence-corrected chi connectivity index (χ1v) is 8.92. The second-order valence-electron chi connectivity index (χ2n) is 6.63. The van der Waals surface area contributed by atoms with Gasteiger partial charge in [0, 0.05) is 25.2 Å². The largest absolute Gasteiger partial charge is 0.488 e. The summed E-state index contributed by atoms with van der Waals surface area (Å²) in [5.74, 6) is 2.35. The molecule has 3 heterocycles. The van der Waals surface area contributed by atoms with E-state index in [0.717, 1.165) is 42.2 Å². The van der Waals surface area contributed by atoms with Gasteiger partial charge in [-0.25, -0.2) is 9.97 Å². The average molecular weight is 350 g/mol. The maximum absolute atomic E-state index is 13.2. The van der Waals surface area contributed by atoms with E-state index in [-0.39, 0.29) is 11.9 Å². The highest BCUT2D eigenvalue weighted by Gasteiger charge is 2.33. The number of rotatable bonds is 3. The molecule has 2 aliphatic rings. The van der Waals surface area contributed by atoms with Crippen LogP contribution in [0.4, 0.5) is 5.82 Å². The van der Waals surface area contributed by atoms with Gasteiger partial charge in [0.2, 0.25) is 0 Å². The lowest BCUT2D eigenvalue weighted by Gasteiger charge is -2.27. The predicted molar refractivity (Wildman–Crippen MR) is 99.9 cm³/mol. The molecule has 6 heteroatoms. The maximum atomic E-state index is 13.2. The van der Waals surface area contributed by atoms with Gasteiger partial charge < -0.3 is 15.0 Å². The van der Waals surface area contributed by atoms with Gasteiger partial charge in [-0.05, 0) is 31.9 Å². The van der Waals surface area contributed by atoms with Gasteiger partial charge in [0.25, 0.3) is 5.91 Å². The number of carbonyl (C=O) groups is 1. The number of aromatic nitrogens is 2. The molecule has 1 unspecified atom stereocenters. The summed E-state index contributed by atoms with van der Waals surface area (Å²) in [7, 11) is 1.84. The van der Waals surface area contributed by atoms with Gasteiger partial charge in [0.15, 0.2) is 0 Å². The molecule has 6 nitrogen and oxygen atoms in total. The zero-order valence-electron chi connectivity index (χ0n) is 15.0. The van der Waals surface area contributed by atoms with E-state index in [1.54, 1.807) is 0 Å². The van der Waals surface area contributed by atoms with Crippen LogP contribution in [0.5, 0.6) is 5.75 Å². The summed E-state index contributed by atoms with van der Waals surface area (Å²) >= 11 is 0. The lowest BCUT2D eigenvalue weighted by atomic mass is 10.1. The predicted octanol–water partition coefficient (Wildman–Crippen LogP) is 2.97. The van der Waals surface area contributed by atoms with E-state index in [1.807, 2.05) is 55.3 Å². The van der Waals surface area contributed by atoms with Gasteiger partial charge in [-0.2, -0.15) is 0 Å². The first-order chi connectivity index (χ1) is 12.7. The summed E-state index contributed by atoms with van der Waals surface area (Å²) < 4.78 is 5.76. The van der Waals surface area contributed by atoms with Crippen molar-refractivity contribution in [2.45, 2.75) is 25.8 Å². The van der Waals surface area contributed by atoms with Gasteiger partial charge in [0.05, 0.1) is 17.3 Å². The van der Waals surface area contributed by atoms with Crippen LogP contribution >= 0.6 is 0 Å². The maximum Gasteiger partial charge on any atom is 0.253 e. The van der Waals surface area contributed by atoms with Crippen LogP contribution in [0.1, 0.15) is 36.0 Å². The standard InChI is InChI=1S/C20H22N4O2/c1-13-22-16(11-19(21-2)23-13)17-7-5-9-24(17)20(25)15-10-14-6-3-4-8-18(14)26-12-15/h3-4,6,8,10-11,17H,5,7,9,12H2,1-2H3,(H,21,22,23). The molecule has 2 aromatic rings. The van der Waals surface area contributed by atoms with Crippen molar-refractivity contribution < 1.29 is 9.53 Å². The smallest absolute Gasteiger partial charge is 0.253 e. The highest BCUT2D eigenvalue weighted by atomic mass is 16.5. The molecule has 1 saturated heterocycles. The molecule has 0 bridgehead atoms. The van der Waals surface area contributed by atoms with Crippen LogP contribution in [-0.4, -0.2) is 41.0 Å². The van der Waals surface area contributed by atoms with Crippen molar-refractivity contribution in [1.82, 2.24) is 14.9 Å². The molecule has 1 atom stereocenters. The number of fused-ring (bicyclic) bond motifs is 1. The van der Waals surface area contributed by atoms with Crippen molar-refractivity contribution in [3.05, 3.63) is 53.0 Å². The Kier molecular flexibility index (Phi) is 4.32. The van der Waals surface area contributed by atoms with Crippen molar-refractivity contribution in [2.24, 2.45) is 0 Å². The van der Waals surface area contributed by atoms with E-state index < -0.39 is 0 Å². The first kappa shape index (κ1) is 16.6. The number of carbonyl (C=O) groups excluding carboxylic acids is 1. The Morgan fingerprint density at radius 2 is 2.15 bits per heavy atom. The molecule has 26 heavy (non-hydrogen) atoms. The van der Waals surface area contributed by atoms with Crippen molar-refractivity contribution >= 4 is 17.8 Å². The Labute approximate surface area is 152 Å². The number of anilines is 1. The monoisotopic (exact) mass is 350 g/mol. The molecule has 1 N–H and O–H groups in total. The summed E-state index contributed by atoms with van der Waals surface area (Å²) in [6.07, 6.45) is 3.83. The van der Waals surface area contributed by atoms with E-state index in [9.17, 15) is 4.79 Å². The number of benzene rings is 1. The Balaban J connectivity index is 1.62. The number of ether oxygens (including phenoxy) is 1. The van der Waals surface area contributed by atoms with E-state index in [0.29, 0.717) is 18.0 Å². The third-order valence-corrected chi connectivity index (χ3v) is 4.88. The number of nitrogens with one attached hydrogen (secondary N) is 1. The molecule has 1 aromatic heterocycles. The Hall–Kier alpha value is -2.89. The average Bonchev–Trinajstić information content (AvgIpc) is 3.16. The third-order valence-electron chi connectivity index (χ3n) is 4.88. The fraction of sp³-hybridized carbons (Fsp3) is 0.350. The fourth-order valence-corrected chi connectivity index (χ4v) is 3.63. The Bertz CT molecular complexity index is 878. The molecule has 1 amide bonds. The van der Waals surface area contributed by atoms with Gasteiger partial charge in [0.1, 0.15) is 24.0 Å². The molecule has 0 aliphatic carbocycles. The van der Waals surface area contributed by atoms with Crippen LogP contribution in [-0.2, 0) is 4.79 Å². The van der Waals surface area contributed by atoms with Crippen LogP contribution < -0.4 is 10.1 Å². The number of para-hydroxylation sites is 1. The van der Waals surface area contributed by atoms with Gasteiger partial charge >= 0.3 is 0 Å². The summed E-state index contributed by atoms with van der Waals surface area (Å²) in [5.41, 5.74) is 2.54. The topological polar surface area (TPSA) is 67.4 Å². The number of nitrogens with zero attached hydrogens (tertiary/aromatic N) is 3. The number of aryl methyl sites for hydroxylation is 1. The summed E-state index contributed by atoms with van der Waals surface area (Å²) in [5, 5.41) is 3.06. The molecule has 134 valence electrons. The van der Waals surface area contributed by atoms with Crippen molar-refractivity contribution in [1.29, 1.82) is 0 Å². The number of likely N-dealkylation sites (tertiary alicyclic amines) is 1. The molecule has 0 spiro atoms. The van der Waals surface area contributed by atoms with E-state index >= 15 is 0 Å². The van der Waals surface area contributed by atoms with Crippen LogP contribution in [0, 0.1) is 6.92 Å². The minimum absolute atomic E-state index is 0.0191. The molecule has 1 aromatic carbocycles. The molecule has 4 rings (SSSR count). The highest BCUT2D eigenvalue weighted by Crippen LogP contribution is 2.34. The van der Waals surface area contributed by atoms with E-state index in [4.69, 9.17) is 4.74 Å². The van der Waals surface area contributed by atoms with Crippen molar-refractivity contribution in [3.63, 3.8) is 0 Å². The highest BCUT2D eigenvalue weighted by molar-refractivity contribution is 5.99. The lowest BCUT2D eigenvalue weighted by molar-refractivity contribution is -0.128. The molecule has 2 aliphatic heterocycles. The minimum Gasteiger partial charge on any atom is -0.488 e. The summed E-state index contributed by atoms with van der Waals surface area (Å²) in [6, 6.07) is 9.70. The second kappa shape index (κ2) is 6.78. The SMILES string of the molecule is CNc1cc(C2CCCN2C(=O)C2=Cc3ccccc3OC2)nc(C)n1. The van der Waals surface area contributed by atoms with Crippen LogP contribution in [0.25, 0.3) is 6.08 Å². The summed E-state index contributed by atoms with van der Waals surface area (Å²) in [4.78, 5) is 24.0. The van der Waals surface area contributed by atoms with Gasteiger partial charge in [-0.1, -0.05) is 18.2 Å². The number of amides is 1. The normalized spacial score (nSPS) is 18.8. The number of hydrogen-bond donors (Lipinski definition) is 1. The van der Waals surface area contributed by atoms with Crippen LogP contribution in [0.2, 0.25) is 0 Å². The lowest BCUT2D eigenvalue weighted by Crippen LogP contribution is -2.34. The van der Waals surface area contributed by atoms with Crippen molar-refractivity contribution in [2.75, 3.05) is 25.5 Å². The minimum atomic E-state index is -0.0191. The van der Waals surface area contributed by atoms with Gasteiger partial charge in [-0.15, -0.1) is 0 Å². The molecular weight excluding hydrogens is 328 g/mol. The molecule has 0 radical (unpaired) electrons. The molecule has 1 fully saturated rings. The Morgan fingerprint density at radius 3 is 3.00 bits per heavy atom. The van der Waals surface area contributed by atoms with Gasteiger partial charge in [-0.3, -0.25) is 4.79 Å².